The fourth-order valence-electron chi connectivity index (χ4n) is 2.86. The molecule has 0 aromatic heterocycles. The molecule has 16 heavy (non-hydrogen) atoms. The zero-order chi connectivity index (χ0) is 12.0. The van der Waals surface area contributed by atoms with Crippen molar-refractivity contribution < 1.29 is 0 Å². The summed E-state index contributed by atoms with van der Waals surface area (Å²) in [6.45, 7) is 12.9. The van der Waals surface area contributed by atoms with Gasteiger partial charge in [0.15, 0.2) is 0 Å². The standard InChI is InChI=1S/C13H19N.C2H6/c1-3-11-12-8-6-5-7-10(12)9-14-13(11)4-2;1-2/h3-4,10,12,14H,1-2,5-9H2;1-2H3. The summed E-state index contributed by atoms with van der Waals surface area (Å²) in [6.07, 6.45) is 9.44. The lowest BCUT2D eigenvalue weighted by molar-refractivity contribution is 0.256. The van der Waals surface area contributed by atoms with Gasteiger partial charge in [0.2, 0.25) is 0 Å². The van der Waals surface area contributed by atoms with Gasteiger partial charge in [-0.05, 0) is 36.3 Å². The van der Waals surface area contributed by atoms with Crippen molar-refractivity contribution in [2.24, 2.45) is 11.8 Å². The molecule has 1 fully saturated rings. The summed E-state index contributed by atoms with van der Waals surface area (Å²) in [5.74, 6) is 1.58. The summed E-state index contributed by atoms with van der Waals surface area (Å²) in [5.41, 5.74) is 2.61. The van der Waals surface area contributed by atoms with Crippen LogP contribution in [0.25, 0.3) is 0 Å². The van der Waals surface area contributed by atoms with E-state index in [4.69, 9.17) is 0 Å². The Morgan fingerprint density at radius 1 is 1.12 bits per heavy atom. The Hall–Kier alpha value is -0.980. The third-order valence-corrected chi connectivity index (χ3v) is 3.60. The van der Waals surface area contributed by atoms with Crippen LogP contribution in [0.1, 0.15) is 39.5 Å². The lowest BCUT2D eigenvalue weighted by Crippen LogP contribution is -2.36. The molecule has 1 heteroatoms. The first kappa shape index (κ1) is 13.1. The lowest BCUT2D eigenvalue weighted by atomic mass is 9.73. The lowest BCUT2D eigenvalue weighted by Gasteiger charge is -2.38. The van der Waals surface area contributed by atoms with Crippen molar-refractivity contribution in [2.75, 3.05) is 6.54 Å². The maximum absolute atomic E-state index is 3.93. The molecule has 1 aliphatic heterocycles. The Morgan fingerprint density at radius 2 is 1.81 bits per heavy atom. The average molecular weight is 219 g/mol. The minimum Gasteiger partial charge on any atom is -0.385 e. The summed E-state index contributed by atoms with van der Waals surface area (Å²) < 4.78 is 0. The van der Waals surface area contributed by atoms with Crippen LogP contribution in [0.5, 0.6) is 0 Å². The maximum atomic E-state index is 3.93. The van der Waals surface area contributed by atoms with Gasteiger partial charge in [-0.2, -0.15) is 0 Å². The third kappa shape index (κ3) is 2.58. The van der Waals surface area contributed by atoms with Gasteiger partial charge in [0.05, 0.1) is 0 Å². The van der Waals surface area contributed by atoms with Crippen LogP contribution in [-0.4, -0.2) is 6.54 Å². The van der Waals surface area contributed by atoms with E-state index < -0.39 is 0 Å². The molecule has 0 aromatic rings. The van der Waals surface area contributed by atoms with Crippen LogP contribution in [-0.2, 0) is 0 Å². The summed E-state index contributed by atoms with van der Waals surface area (Å²) >= 11 is 0. The van der Waals surface area contributed by atoms with E-state index in [2.05, 4.69) is 18.5 Å². The minimum absolute atomic E-state index is 0.746. The molecule has 0 bridgehead atoms. The molecule has 0 amide bonds. The first-order valence-corrected chi connectivity index (χ1v) is 6.59. The van der Waals surface area contributed by atoms with E-state index in [0.717, 1.165) is 18.4 Å². The van der Waals surface area contributed by atoms with Crippen molar-refractivity contribution in [1.29, 1.82) is 0 Å². The SMILES string of the molecule is C=CC1=C(C=C)C2CCCCC2CN1.CC. The number of fused-ring (bicyclic) bond motifs is 1. The average Bonchev–Trinajstić information content (AvgIpc) is 2.39. The van der Waals surface area contributed by atoms with Gasteiger partial charge in [-0.3, -0.25) is 0 Å². The number of hydrogen-bond donors (Lipinski definition) is 1. The number of nitrogens with one attached hydrogen (secondary N) is 1. The first-order valence-electron chi connectivity index (χ1n) is 6.59. The number of rotatable bonds is 2. The second-order valence-electron chi connectivity index (χ2n) is 4.31. The second-order valence-corrected chi connectivity index (χ2v) is 4.31. The highest BCUT2D eigenvalue weighted by Gasteiger charge is 2.31. The summed E-state index contributed by atoms with van der Waals surface area (Å²) in [5, 5.41) is 3.46. The number of hydrogen-bond acceptors (Lipinski definition) is 1. The second kappa shape index (κ2) is 6.57. The Balaban J connectivity index is 0.000000606. The topological polar surface area (TPSA) is 12.0 Å². The molecule has 0 aromatic carbocycles. The monoisotopic (exact) mass is 219 g/mol. The minimum atomic E-state index is 0.746. The first-order chi connectivity index (χ1) is 7.86. The third-order valence-electron chi connectivity index (χ3n) is 3.60. The van der Waals surface area contributed by atoms with Crippen LogP contribution in [0.15, 0.2) is 36.6 Å². The van der Waals surface area contributed by atoms with Crippen LogP contribution >= 0.6 is 0 Å². The Labute approximate surface area is 100 Å². The molecule has 2 atom stereocenters. The quantitative estimate of drug-likeness (QED) is 0.739. The smallest absolute Gasteiger partial charge is 0.0369 e. The highest BCUT2D eigenvalue weighted by molar-refractivity contribution is 5.35. The molecular weight excluding hydrogens is 194 g/mol. The molecule has 0 spiro atoms. The molecule has 1 heterocycles. The van der Waals surface area contributed by atoms with Gasteiger partial charge in [-0.15, -0.1) is 0 Å². The van der Waals surface area contributed by atoms with Crippen LogP contribution < -0.4 is 5.32 Å². The van der Waals surface area contributed by atoms with Crippen molar-refractivity contribution in [1.82, 2.24) is 5.32 Å². The summed E-state index contributed by atoms with van der Waals surface area (Å²) in [6, 6.07) is 0. The predicted octanol–water partition coefficient (Wildman–Crippen LogP) is 4.05. The molecule has 1 N–H and O–H groups in total. The highest BCUT2D eigenvalue weighted by atomic mass is 14.9. The fraction of sp³-hybridized carbons (Fsp3) is 0.600. The van der Waals surface area contributed by atoms with Gasteiger partial charge < -0.3 is 5.32 Å². The summed E-state index contributed by atoms with van der Waals surface area (Å²) in [4.78, 5) is 0. The van der Waals surface area contributed by atoms with Gasteiger partial charge in [-0.25, -0.2) is 0 Å². The van der Waals surface area contributed by atoms with E-state index in [1.165, 1.54) is 37.0 Å². The van der Waals surface area contributed by atoms with Gasteiger partial charge in [0.25, 0.3) is 0 Å². The van der Waals surface area contributed by atoms with Crippen LogP contribution in [0.4, 0.5) is 0 Å². The zero-order valence-corrected chi connectivity index (χ0v) is 10.8. The van der Waals surface area contributed by atoms with Gasteiger partial charge >= 0.3 is 0 Å². The van der Waals surface area contributed by atoms with E-state index in [1.807, 2.05) is 26.0 Å². The highest BCUT2D eigenvalue weighted by Crippen LogP contribution is 2.38. The van der Waals surface area contributed by atoms with Crippen molar-refractivity contribution in [3.63, 3.8) is 0 Å². The molecule has 1 aliphatic carbocycles. The fourth-order valence-corrected chi connectivity index (χ4v) is 2.86. The summed E-state index contributed by atoms with van der Waals surface area (Å²) in [7, 11) is 0. The Morgan fingerprint density at radius 3 is 2.44 bits per heavy atom. The molecule has 2 aliphatic rings. The molecule has 0 radical (unpaired) electrons. The maximum Gasteiger partial charge on any atom is 0.0369 e. The van der Waals surface area contributed by atoms with Crippen LogP contribution in [0.2, 0.25) is 0 Å². The zero-order valence-electron chi connectivity index (χ0n) is 10.8. The normalized spacial score (nSPS) is 28.1. The van der Waals surface area contributed by atoms with Crippen molar-refractivity contribution >= 4 is 0 Å². The van der Waals surface area contributed by atoms with Crippen molar-refractivity contribution in [3.8, 4) is 0 Å². The van der Waals surface area contributed by atoms with Crippen LogP contribution in [0, 0.1) is 11.8 Å². The Bertz CT molecular complexity index is 275. The molecule has 0 saturated heterocycles. The van der Waals surface area contributed by atoms with Crippen molar-refractivity contribution in [3.05, 3.63) is 36.6 Å². The predicted molar refractivity (Wildman–Crippen MR) is 72.2 cm³/mol. The van der Waals surface area contributed by atoms with Gasteiger partial charge in [0, 0.05) is 12.2 Å². The largest absolute Gasteiger partial charge is 0.385 e. The molecule has 2 unspecified atom stereocenters. The van der Waals surface area contributed by atoms with Gasteiger partial charge in [0.1, 0.15) is 0 Å². The Kier molecular flexibility index (Phi) is 5.37. The van der Waals surface area contributed by atoms with Crippen LogP contribution in [0.3, 0.4) is 0 Å². The van der Waals surface area contributed by atoms with Crippen molar-refractivity contribution in [2.45, 2.75) is 39.5 Å². The van der Waals surface area contributed by atoms with E-state index in [-0.39, 0.29) is 0 Å². The molecule has 2 rings (SSSR count). The van der Waals surface area contributed by atoms with E-state index in [1.54, 1.807) is 0 Å². The number of allylic oxidation sites excluding steroid dienone is 3. The van der Waals surface area contributed by atoms with E-state index in [9.17, 15) is 0 Å². The molecule has 1 nitrogen and oxygen atoms in total. The van der Waals surface area contributed by atoms with E-state index in [0.29, 0.717) is 0 Å². The molecular formula is C15H25N. The molecule has 1 saturated carbocycles. The van der Waals surface area contributed by atoms with E-state index >= 15 is 0 Å². The molecule has 90 valence electrons. The van der Waals surface area contributed by atoms with Gasteiger partial charge in [-0.1, -0.05) is 45.9 Å².